The molecule has 0 saturated heterocycles. The predicted octanol–water partition coefficient (Wildman–Crippen LogP) is 4.25. The maximum Gasteiger partial charge on any atom is 0.153 e. The van der Waals surface area contributed by atoms with E-state index in [1.165, 1.54) is 30.4 Å². The van der Waals surface area contributed by atoms with Gasteiger partial charge in [0.05, 0.1) is 5.69 Å². The molecule has 0 bridgehead atoms. The Morgan fingerprint density at radius 3 is 2.58 bits per heavy atom. The zero-order valence-electron chi connectivity index (χ0n) is 11.3. The molecule has 0 fully saturated rings. The second kappa shape index (κ2) is 4.96. The van der Waals surface area contributed by atoms with E-state index >= 15 is 0 Å². The van der Waals surface area contributed by atoms with Crippen LogP contribution >= 0.6 is 0 Å². The van der Waals surface area contributed by atoms with Gasteiger partial charge in [-0.15, -0.1) is 0 Å². The van der Waals surface area contributed by atoms with Gasteiger partial charge in [-0.2, -0.15) is 0 Å². The van der Waals surface area contributed by atoms with Crippen molar-refractivity contribution in [2.24, 2.45) is 0 Å². The van der Waals surface area contributed by atoms with Crippen LogP contribution in [0.15, 0.2) is 36.4 Å². The van der Waals surface area contributed by atoms with Crippen molar-refractivity contribution in [2.45, 2.75) is 32.6 Å². The van der Waals surface area contributed by atoms with Crippen molar-refractivity contribution in [1.29, 1.82) is 0 Å². The molecule has 3 rings (SSSR count). The Hall–Kier alpha value is -1.96. The molecule has 2 nitrogen and oxygen atoms in total. The first kappa shape index (κ1) is 12.1. The van der Waals surface area contributed by atoms with E-state index in [1.54, 1.807) is 0 Å². The highest BCUT2D eigenvalue weighted by Crippen LogP contribution is 2.33. The van der Waals surface area contributed by atoms with Crippen molar-refractivity contribution in [3.05, 3.63) is 53.1 Å². The highest BCUT2D eigenvalue weighted by atomic mass is 16.5. The van der Waals surface area contributed by atoms with Crippen molar-refractivity contribution in [1.82, 2.24) is 0 Å². The normalized spacial score (nSPS) is 13.9. The molecule has 0 radical (unpaired) electrons. The molecule has 0 aliphatic heterocycles. The highest BCUT2D eigenvalue weighted by Gasteiger charge is 2.11. The first-order valence-electron chi connectivity index (χ1n) is 6.89. The molecule has 98 valence electrons. The molecule has 2 N–H and O–H groups in total. The molecule has 19 heavy (non-hydrogen) atoms. The second-order valence-corrected chi connectivity index (χ2v) is 5.23. The maximum absolute atomic E-state index is 5.98. The van der Waals surface area contributed by atoms with E-state index in [-0.39, 0.29) is 0 Å². The Bertz CT molecular complexity index is 584. The molecule has 1 aliphatic carbocycles. The third kappa shape index (κ3) is 2.43. The average molecular weight is 253 g/mol. The van der Waals surface area contributed by atoms with Gasteiger partial charge < -0.3 is 10.5 Å². The van der Waals surface area contributed by atoms with E-state index in [9.17, 15) is 0 Å². The summed E-state index contributed by atoms with van der Waals surface area (Å²) in [6.07, 6.45) is 4.94. The molecular formula is C17H19NO. The number of aryl methyl sites for hydroxylation is 3. The third-order valence-corrected chi connectivity index (χ3v) is 3.78. The summed E-state index contributed by atoms with van der Waals surface area (Å²) in [5, 5.41) is 0. The van der Waals surface area contributed by atoms with Crippen LogP contribution in [0.1, 0.15) is 29.5 Å². The Morgan fingerprint density at radius 1 is 1.00 bits per heavy atom. The SMILES string of the molecule is Cc1cccc(N)c1Oc1ccc2c(c1)CCCC2. The summed E-state index contributed by atoms with van der Waals surface area (Å²) in [5.41, 5.74) is 10.6. The molecule has 0 spiro atoms. The van der Waals surface area contributed by atoms with Gasteiger partial charge in [-0.1, -0.05) is 18.2 Å². The van der Waals surface area contributed by atoms with E-state index < -0.39 is 0 Å². The molecule has 2 heteroatoms. The Balaban J connectivity index is 1.91. The van der Waals surface area contributed by atoms with Crippen molar-refractivity contribution in [2.75, 3.05) is 5.73 Å². The molecule has 2 aromatic carbocycles. The van der Waals surface area contributed by atoms with Gasteiger partial charge in [-0.3, -0.25) is 0 Å². The van der Waals surface area contributed by atoms with Gasteiger partial charge in [-0.05, 0) is 67.5 Å². The van der Waals surface area contributed by atoms with Crippen LogP contribution in [0.25, 0.3) is 0 Å². The first-order valence-corrected chi connectivity index (χ1v) is 6.89. The monoisotopic (exact) mass is 253 g/mol. The summed E-state index contributed by atoms with van der Waals surface area (Å²) in [6, 6.07) is 12.3. The highest BCUT2D eigenvalue weighted by molar-refractivity contribution is 5.58. The van der Waals surface area contributed by atoms with Crippen LogP contribution in [-0.2, 0) is 12.8 Å². The fourth-order valence-electron chi connectivity index (χ4n) is 2.71. The molecule has 0 amide bonds. The molecule has 0 saturated carbocycles. The Kier molecular flexibility index (Phi) is 3.16. The van der Waals surface area contributed by atoms with E-state index in [0.29, 0.717) is 5.69 Å². The second-order valence-electron chi connectivity index (χ2n) is 5.23. The van der Waals surface area contributed by atoms with Crippen LogP contribution in [-0.4, -0.2) is 0 Å². The standard InChI is InChI=1S/C17H19NO/c1-12-5-4-8-16(18)17(12)19-15-10-9-13-6-2-3-7-14(13)11-15/h4-5,8-11H,2-3,6-7,18H2,1H3. The van der Waals surface area contributed by atoms with Gasteiger partial charge in [0.1, 0.15) is 5.75 Å². The number of anilines is 1. The number of hydrogen-bond acceptors (Lipinski definition) is 2. The summed E-state index contributed by atoms with van der Waals surface area (Å²) in [5.74, 6) is 1.67. The quantitative estimate of drug-likeness (QED) is 0.812. The van der Waals surface area contributed by atoms with Crippen LogP contribution < -0.4 is 10.5 Å². The largest absolute Gasteiger partial charge is 0.455 e. The van der Waals surface area contributed by atoms with Crippen LogP contribution in [0.4, 0.5) is 5.69 Å². The number of benzene rings is 2. The lowest BCUT2D eigenvalue weighted by molar-refractivity contribution is 0.479. The molecule has 0 unspecified atom stereocenters. The summed E-state index contributed by atoms with van der Waals surface area (Å²) >= 11 is 0. The summed E-state index contributed by atoms with van der Waals surface area (Å²) < 4.78 is 5.98. The Labute approximate surface area is 114 Å². The van der Waals surface area contributed by atoms with Crippen molar-refractivity contribution in [3.63, 3.8) is 0 Å². The van der Waals surface area contributed by atoms with Crippen molar-refractivity contribution in [3.8, 4) is 11.5 Å². The summed E-state index contributed by atoms with van der Waals surface area (Å²) in [7, 11) is 0. The van der Waals surface area contributed by atoms with Gasteiger partial charge in [0, 0.05) is 0 Å². The zero-order valence-corrected chi connectivity index (χ0v) is 11.3. The number of ether oxygens (including phenoxy) is 1. The molecule has 1 aliphatic rings. The molecule has 0 heterocycles. The number of nitrogen functional groups attached to an aromatic ring is 1. The first-order chi connectivity index (χ1) is 9.24. The van der Waals surface area contributed by atoms with E-state index in [1.807, 2.05) is 25.1 Å². The van der Waals surface area contributed by atoms with Gasteiger partial charge in [0.2, 0.25) is 0 Å². The zero-order chi connectivity index (χ0) is 13.2. The maximum atomic E-state index is 5.98. The van der Waals surface area contributed by atoms with Gasteiger partial charge >= 0.3 is 0 Å². The molecule has 0 atom stereocenters. The Morgan fingerprint density at radius 2 is 1.79 bits per heavy atom. The number of para-hydroxylation sites is 1. The number of fused-ring (bicyclic) bond motifs is 1. The third-order valence-electron chi connectivity index (χ3n) is 3.78. The average Bonchev–Trinajstić information content (AvgIpc) is 2.43. The van der Waals surface area contributed by atoms with Crippen LogP contribution in [0, 0.1) is 6.92 Å². The van der Waals surface area contributed by atoms with E-state index in [4.69, 9.17) is 10.5 Å². The molecule has 0 aromatic heterocycles. The van der Waals surface area contributed by atoms with Crippen LogP contribution in [0.5, 0.6) is 11.5 Å². The topological polar surface area (TPSA) is 35.2 Å². The minimum Gasteiger partial charge on any atom is -0.455 e. The van der Waals surface area contributed by atoms with Crippen molar-refractivity contribution < 1.29 is 4.74 Å². The van der Waals surface area contributed by atoms with Crippen LogP contribution in [0.3, 0.4) is 0 Å². The van der Waals surface area contributed by atoms with Crippen molar-refractivity contribution >= 4 is 5.69 Å². The molecular weight excluding hydrogens is 234 g/mol. The van der Waals surface area contributed by atoms with Gasteiger partial charge in [0.15, 0.2) is 5.75 Å². The number of hydrogen-bond donors (Lipinski definition) is 1. The lowest BCUT2D eigenvalue weighted by atomic mass is 9.92. The summed E-state index contributed by atoms with van der Waals surface area (Å²) in [4.78, 5) is 0. The van der Waals surface area contributed by atoms with E-state index in [2.05, 4.69) is 18.2 Å². The van der Waals surface area contributed by atoms with Crippen LogP contribution in [0.2, 0.25) is 0 Å². The molecule has 2 aromatic rings. The number of nitrogens with two attached hydrogens (primary N) is 1. The lowest BCUT2D eigenvalue weighted by Crippen LogP contribution is -2.02. The smallest absolute Gasteiger partial charge is 0.153 e. The van der Waals surface area contributed by atoms with E-state index in [0.717, 1.165) is 23.5 Å². The minimum atomic E-state index is 0.692. The lowest BCUT2D eigenvalue weighted by Gasteiger charge is -2.17. The number of rotatable bonds is 2. The predicted molar refractivity (Wildman–Crippen MR) is 78.7 cm³/mol. The minimum absolute atomic E-state index is 0.692. The fourth-order valence-corrected chi connectivity index (χ4v) is 2.71. The summed E-state index contributed by atoms with van der Waals surface area (Å²) in [6.45, 7) is 2.02. The fraction of sp³-hybridized carbons (Fsp3) is 0.294. The van der Waals surface area contributed by atoms with Gasteiger partial charge in [0.25, 0.3) is 0 Å². The van der Waals surface area contributed by atoms with Gasteiger partial charge in [-0.25, -0.2) is 0 Å².